The maximum Gasteiger partial charge on any atom is 0.412 e. The minimum absolute atomic E-state index is 0.0136. The molecule has 0 bridgehead atoms. The van der Waals surface area contributed by atoms with Crippen molar-refractivity contribution in [3.05, 3.63) is 148 Å². The molecule has 0 unspecified atom stereocenters. The smallest absolute Gasteiger partial charge is 0.412 e. The van der Waals surface area contributed by atoms with Crippen molar-refractivity contribution in [2.24, 2.45) is 0 Å². The summed E-state index contributed by atoms with van der Waals surface area (Å²) in [5, 5.41) is 28.4. The van der Waals surface area contributed by atoms with E-state index in [4.69, 9.17) is 21.4 Å². The highest BCUT2D eigenvalue weighted by molar-refractivity contribution is 6.29. The van der Waals surface area contributed by atoms with Crippen LogP contribution in [0.4, 0.5) is 28.2 Å². The Bertz CT molecular complexity index is 3170. The Balaban J connectivity index is 0.857. The van der Waals surface area contributed by atoms with Gasteiger partial charge in [0.15, 0.2) is 22.9 Å². The molecule has 0 atom stereocenters. The van der Waals surface area contributed by atoms with Crippen LogP contribution in [0.1, 0.15) is 54.7 Å². The number of amides is 1. The molecular formula is C43H32ClF4N11O2. The lowest BCUT2D eigenvalue weighted by Crippen LogP contribution is -2.22. The van der Waals surface area contributed by atoms with Crippen LogP contribution >= 0.6 is 11.6 Å². The first-order valence-corrected chi connectivity index (χ1v) is 19.3. The fourth-order valence-electron chi connectivity index (χ4n) is 6.93. The number of hydrogen-bond acceptors (Lipinski definition) is 10. The number of halogens is 5. The number of nitrogens with zero attached hydrogens (tertiary/aromatic N) is 10. The molecule has 0 saturated carbocycles. The van der Waals surface area contributed by atoms with E-state index in [9.17, 15) is 13.6 Å². The number of ether oxygens (including phenoxy) is 1. The molecule has 306 valence electrons. The minimum atomic E-state index is -3.57. The van der Waals surface area contributed by atoms with Crippen LogP contribution in [0.3, 0.4) is 0 Å². The van der Waals surface area contributed by atoms with E-state index in [2.05, 4.69) is 40.8 Å². The maximum absolute atomic E-state index is 15.9. The van der Waals surface area contributed by atoms with Gasteiger partial charge in [-0.05, 0) is 77.2 Å². The summed E-state index contributed by atoms with van der Waals surface area (Å²) in [5.74, 6) is -5.61. The highest BCUT2D eigenvalue weighted by atomic mass is 35.5. The monoisotopic (exact) mass is 845 g/mol. The first kappa shape index (κ1) is 39.3. The van der Waals surface area contributed by atoms with Crippen LogP contribution in [-0.4, -0.2) is 62.3 Å². The lowest BCUT2D eigenvalue weighted by Gasteiger charge is -2.23. The van der Waals surface area contributed by atoms with E-state index in [1.165, 1.54) is 30.3 Å². The van der Waals surface area contributed by atoms with Crippen molar-refractivity contribution in [1.82, 2.24) is 49.6 Å². The number of anilines is 1. The Labute approximate surface area is 348 Å². The van der Waals surface area contributed by atoms with Crippen LogP contribution in [0.15, 0.2) is 97.1 Å². The predicted octanol–water partition coefficient (Wildman–Crippen LogP) is 9.08. The molecule has 6 aromatic heterocycles. The van der Waals surface area contributed by atoms with Crippen LogP contribution in [0.5, 0.6) is 0 Å². The Hall–Kier alpha value is -7.14. The second kappa shape index (κ2) is 15.2. The van der Waals surface area contributed by atoms with Crippen molar-refractivity contribution in [2.75, 3.05) is 11.9 Å². The van der Waals surface area contributed by atoms with E-state index in [-0.39, 0.29) is 28.8 Å². The van der Waals surface area contributed by atoms with Gasteiger partial charge in [0, 0.05) is 40.3 Å². The molecule has 0 saturated heterocycles. The molecule has 0 spiro atoms. The quantitative estimate of drug-likeness (QED) is 0.110. The molecule has 0 aliphatic rings. The number of carbonyl (C=O) groups is 1. The van der Waals surface area contributed by atoms with Gasteiger partial charge in [-0.15, -0.1) is 20.4 Å². The van der Waals surface area contributed by atoms with E-state index < -0.39 is 35.0 Å². The highest BCUT2D eigenvalue weighted by Crippen LogP contribution is 2.38. The summed E-state index contributed by atoms with van der Waals surface area (Å²) in [6.45, 7) is 5.83. The third-order valence-corrected chi connectivity index (χ3v) is 10.3. The number of carbonyl (C=O) groups excluding carboxylic acids is 1. The van der Waals surface area contributed by atoms with Gasteiger partial charge in [0.1, 0.15) is 11.0 Å². The first-order chi connectivity index (χ1) is 29.2. The molecule has 61 heavy (non-hydrogen) atoms. The largest absolute Gasteiger partial charge is 0.449 e. The molecule has 0 aliphatic carbocycles. The molecule has 1 amide bonds. The number of fused-ring (bicyclic) bond motifs is 4. The molecule has 0 aliphatic heterocycles. The van der Waals surface area contributed by atoms with Gasteiger partial charge in [-0.25, -0.2) is 19.2 Å². The second-order valence-electron chi connectivity index (χ2n) is 15.3. The Morgan fingerprint density at radius 3 is 2.26 bits per heavy atom. The molecular weight excluding hydrogens is 814 g/mol. The Kier molecular flexibility index (Phi) is 9.77. The van der Waals surface area contributed by atoms with Gasteiger partial charge in [0.2, 0.25) is 11.8 Å². The van der Waals surface area contributed by atoms with Crippen LogP contribution in [0.25, 0.3) is 44.4 Å². The third kappa shape index (κ3) is 7.75. The Morgan fingerprint density at radius 2 is 1.46 bits per heavy atom. The number of alkyl halides is 2. The van der Waals surface area contributed by atoms with Crippen molar-refractivity contribution >= 4 is 56.6 Å². The van der Waals surface area contributed by atoms with E-state index in [1.54, 1.807) is 28.8 Å². The van der Waals surface area contributed by atoms with Gasteiger partial charge in [-0.2, -0.15) is 32.4 Å². The maximum atomic E-state index is 15.9. The number of nitrogens with one attached hydrogen (secondary N) is 1. The van der Waals surface area contributed by atoms with Crippen molar-refractivity contribution in [1.29, 1.82) is 0 Å². The number of rotatable bonds is 9. The minimum Gasteiger partial charge on any atom is -0.449 e. The first-order valence-electron chi connectivity index (χ1n) is 18.9. The fourth-order valence-corrected chi connectivity index (χ4v) is 7.07. The lowest BCUT2D eigenvalue weighted by molar-refractivity contribution is 0.0307. The molecule has 1 N–H and O–H groups in total. The van der Waals surface area contributed by atoms with Crippen LogP contribution in [0.2, 0.25) is 5.15 Å². The summed E-state index contributed by atoms with van der Waals surface area (Å²) in [6.07, 6.45) is 0.0462. The highest BCUT2D eigenvalue weighted by Gasteiger charge is 2.40. The van der Waals surface area contributed by atoms with Gasteiger partial charge in [0.05, 0.1) is 23.3 Å². The van der Waals surface area contributed by atoms with E-state index in [0.717, 1.165) is 27.3 Å². The number of benzene rings is 3. The molecule has 3 aromatic carbocycles. The van der Waals surface area contributed by atoms with Crippen LogP contribution < -0.4 is 5.32 Å². The van der Waals surface area contributed by atoms with Gasteiger partial charge in [0.25, 0.3) is 0 Å². The normalized spacial score (nSPS) is 12.2. The van der Waals surface area contributed by atoms with Crippen LogP contribution in [0, 0.1) is 11.8 Å². The van der Waals surface area contributed by atoms with Crippen molar-refractivity contribution in [3.8, 4) is 11.3 Å². The zero-order valence-electron chi connectivity index (χ0n) is 32.5. The summed E-state index contributed by atoms with van der Waals surface area (Å²) < 4.78 is 67.3. The van der Waals surface area contributed by atoms with Crippen molar-refractivity contribution in [3.63, 3.8) is 0 Å². The van der Waals surface area contributed by atoms with Crippen molar-refractivity contribution < 1.29 is 27.1 Å². The molecule has 13 nitrogen and oxygen atoms in total. The zero-order valence-corrected chi connectivity index (χ0v) is 33.3. The van der Waals surface area contributed by atoms with Gasteiger partial charge < -0.3 is 4.74 Å². The summed E-state index contributed by atoms with van der Waals surface area (Å²) in [6, 6.07) is 26.2. The van der Waals surface area contributed by atoms with Gasteiger partial charge >= 0.3 is 12.0 Å². The van der Waals surface area contributed by atoms with Crippen molar-refractivity contribution in [2.45, 2.75) is 45.0 Å². The molecule has 9 aromatic rings. The average Bonchev–Trinajstić information content (AvgIpc) is 3.84. The zero-order chi connectivity index (χ0) is 42.6. The SMILES string of the molecule is CC(C)(C)c1cc2cc(C(F)(F)c3nnc4ccc(Cl)nn34)ccc2nc1NC(=O)OCCc1ccc(-c2ccc3nnc(Cc4ccc5nc(F)c(F)cc5c4)n3n2)cc1. The average molecular weight is 846 g/mol. The fraction of sp³-hybridized carbons (Fsp3) is 0.186. The summed E-state index contributed by atoms with van der Waals surface area (Å²) in [4.78, 5) is 21.3. The molecule has 9 rings (SSSR count). The number of pyridine rings is 2. The number of hydrogen-bond donors (Lipinski definition) is 1. The van der Waals surface area contributed by atoms with E-state index in [1.807, 2.05) is 57.2 Å². The third-order valence-electron chi connectivity index (χ3n) is 10.1. The van der Waals surface area contributed by atoms with Crippen LogP contribution in [-0.2, 0) is 28.9 Å². The van der Waals surface area contributed by atoms with E-state index in [0.29, 0.717) is 57.4 Å². The molecule has 6 heterocycles. The van der Waals surface area contributed by atoms with E-state index >= 15 is 8.78 Å². The topological polar surface area (TPSA) is 150 Å². The lowest BCUT2D eigenvalue weighted by atomic mass is 9.86. The molecule has 18 heteroatoms. The summed E-state index contributed by atoms with van der Waals surface area (Å²) in [5.41, 5.74) is 4.34. The standard InChI is InChI=1S/C43H32ClF4N11O2/c1-42(2,3)29-21-27-20-28(43(47,48)40-55-53-36-15-13-34(44)57-59(36)40)9-11-32(27)50-39(29)51-41(60)61-17-16-23-4-7-25(8-5-23)33-12-14-35-52-54-37(58(35)56-33)19-24-6-10-31-26(18-24)22-30(45)38(46)49-31/h4-15,18,20-22H,16-17,19H2,1-3H3,(H,50,51,60). The second-order valence-corrected chi connectivity index (χ2v) is 15.7. The molecule has 0 fully saturated rings. The predicted molar refractivity (Wildman–Crippen MR) is 219 cm³/mol. The van der Waals surface area contributed by atoms with Gasteiger partial charge in [-0.1, -0.05) is 68.8 Å². The molecule has 0 radical (unpaired) electrons. The summed E-state index contributed by atoms with van der Waals surface area (Å²) in [7, 11) is 0. The van der Waals surface area contributed by atoms with Gasteiger partial charge in [-0.3, -0.25) is 5.32 Å². The Morgan fingerprint density at radius 1 is 0.754 bits per heavy atom. The summed E-state index contributed by atoms with van der Waals surface area (Å²) >= 11 is 5.96. The number of aromatic nitrogens is 10.